The second-order valence-corrected chi connectivity index (χ2v) is 16.6. The molecule has 3 aromatic rings. The van der Waals surface area contributed by atoms with E-state index in [1.165, 1.54) is 76.7 Å². The quantitative estimate of drug-likeness (QED) is 0.0611. The summed E-state index contributed by atoms with van der Waals surface area (Å²) in [6, 6.07) is 24.0. The number of piperidine rings is 2. The molecule has 0 unspecified atom stereocenters. The number of carbonyl (C=O) groups is 5. The number of piperazine rings is 1. The van der Waals surface area contributed by atoms with E-state index in [4.69, 9.17) is 19.8 Å². The summed E-state index contributed by atoms with van der Waals surface area (Å²) in [5, 5.41) is 15.6. The van der Waals surface area contributed by atoms with Crippen LogP contribution in [0.15, 0.2) is 91.0 Å². The fraction of sp³-hybridized carbons (Fsp3) is 0.420. The molecule has 0 spiro atoms. The number of carbonyl (C=O) groups excluding carboxylic acids is 4. The van der Waals surface area contributed by atoms with E-state index in [0.29, 0.717) is 26.2 Å². The molecule has 0 aromatic heterocycles. The van der Waals surface area contributed by atoms with Crippen LogP contribution in [0.5, 0.6) is 0 Å². The zero-order valence-corrected chi connectivity index (χ0v) is 39.4. The number of carboxylic acid groups (broad SMARTS) is 1. The maximum atomic E-state index is 12.2. The fourth-order valence-electron chi connectivity index (χ4n) is 7.13. The summed E-state index contributed by atoms with van der Waals surface area (Å²) in [7, 11) is 2.75. The Morgan fingerprint density at radius 1 is 0.559 bits per heavy atom. The number of hydroxylamine groups is 1. The summed E-state index contributed by atoms with van der Waals surface area (Å²) in [6.07, 6.45) is 11.7. The predicted molar refractivity (Wildman–Crippen MR) is 256 cm³/mol. The Morgan fingerprint density at radius 3 is 1.22 bits per heavy atom. The van der Waals surface area contributed by atoms with E-state index < -0.39 is 23.7 Å². The van der Waals surface area contributed by atoms with Crippen LogP contribution in [0.4, 0.5) is 35.0 Å². The predicted octanol–water partition coefficient (Wildman–Crippen LogP) is 8.62. The molecule has 3 aromatic carbocycles. The number of para-hydroxylation sites is 3. The zero-order chi connectivity index (χ0) is 50.1. The molecule has 3 fully saturated rings. The Kier molecular flexibility index (Phi) is 23.2. The van der Waals surface area contributed by atoms with E-state index >= 15 is 0 Å². The van der Waals surface area contributed by atoms with Gasteiger partial charge in [0.05, 0.1) is 14.2 Å². The highest BCUT2D eigenvalue weighted by Crippen LogP contribution is 2.27. The second-order valence-electron chi connectivity index (χ2n) is 16.6. The van der Waals surface area contributed by atoms with E-state index in [1.54, 1.807) is 22.5 Å². The summed E-state index contributed by atoms with van der Waals surface area (Å²) in [5.41, 5.74) is 7.52. The summed E-state index contributed by atoms with van der Waals surface area (Å²) in [5.74, 6) is -3.97. The lowest BCUT2D eigenvalue weighted by molar-refractivity contribution is -0.192. The van der Waals surface area contributed by atoms with Crippen LogP contribution >= 0.6 is 0 Å². The SMILES string of the molecule is COC(=O)/C=C/c1ccccc1N1CCCCC1.COC(=O)/C=C/c1ccccc1N1CCN(C(=O)OC(C)(C)C)CC1.O=C(/C=C/c1ccccc1N1CCCCC1)NO.O=C(O)C(F)(F)F. The number of halogens is 3. The minimum absolute atomic E-state index is 0.272. The van der Waals surface area contributed by atoms with Crippen LogP contribution in [0.1, 0.15) is 76.0 Å². The third-order valence-corrected chi connectivity index (χ3v) is 10.4. The van der Waals surface area contributed by atoms with Gasteiger partial charge in [0.15, 0.2) is 0 Å². The molecule has 3 heterocycles. The molecule has 3 N–H and O–H groups in total. The number of alkyl halides is 3. The number of nitrogens with one attached hydrogen (secondary N) is 1. The molecule has 0 radical (unpaired) electrons. The largest absolute Gasteiger partial charge is 0.490 e. The minimum Gasteiger partial charge on any atom is -0.475 e. The van der Waals surface area contributed by atoms with Gasteiger partial charge in [-0.05, 0) is 112 Å². The Labute approximate surface area is 396 Å². The molecular formula is C50H64F3N5O10. The van der Waals surface area contributed by atoms with Crippen LogP contribution in [-0.4, -0.2) is 123 Å². The first-order valence-corrected chi connectivity index (χ1v) is 22.3. The first-order valence-electron chi connectivity index (χ1n) is 22.3. The number of esters is 2. The van der Waals surface area contributed by atoms with Crippen molar-refractivity contribution in [3.8, 4) is 0 Å². The van der Waals surface area contributed by atoms with Crippen LogP contribution in [0.3, 0.4) is 0 Å². The molecular weight excluding hydrogens is 888 g/mol. The number of hydrogen-bond donors (Lipinski definition) is 3. The summed E-state index contributed by atoms with van der Waals surface area (Å²) in [4.78, 5) is 63.2. The van der Waals surface area contributed by atoms with Crippen molar-refractivity contribution in [1.29, 1.82) is 0 Å². The minimum atomic E-state index is -5.08. The van der Waals surface area contributed by atoms with E-state index in [1.807, 2.05) is 87.5 Å². The third-order valence-electron chi connectivity index (χ3n) is 10.4. The van der Waals surface area contributed by atoms with Gasteiger partial charge in [-0.1, -0.05) is 54.6 Å². The Bertz CT molecular complexity index is 2090. The molecule has 3 aliphatic heterocycles. The molecule has 6 rings (SSSR count). The number of rotatable bonds is 9. The van der Waals surface area contributed by atoms with E-state index in [0.717, 1.165) is 54.2 Å². The van der Waals surface area contributed by atoms with Crippen LogP contribution in [-0.2, 0) is 33.4 Å². The monoisotopic (exact) mass is 951 g/mol. The number of carboxylic acids is 1. The Hall–Kier alpha value is -6.82. The Balaban J connectivity index is 0.000000256. The van der Waals surface area contributed by atoms with E-state index in [9.17, 15) is 32.3 Å². The van der Waals surface area contributed by atoms with Crippen molar-refractivity contribution in [1.82, 2.24) is 10.4 Å². The highest BCUT2D eigenvalue weighted by Gasteiger charge is 2.38. The van der Waals surface area contributed by atoms with Gasteiger partial charge in [-0.2, -0.15) is 13.2 Å². The van der Waals surface area contributed by atoms with E-state index in [2.05, 4.69) is 36.3 Å². The first-order chi connectivity index (χ1) is 32.4. The zero-order valence-electron chi connectivity index (χ0n) is 39.4. The van der Waals surface area contributed by atoms with Crippen LogP contribution in [0, 0.1) is 0 Å². The summed E-state index contributed by atoms with van der Waals surface area (Å²) >= 11 is 0. The number of aliphatic carboxylic acids is 1. The van der Waals surface area contributed by atoms with Gasteiger partial charge >= 0.3 is 30.2 Å². The number of benzene rings is 3. The van der Waals surface area contributed by atoms with Crippen LogP contribution < -0.4 is 20.2 Å². The lowest BCUT2D eigenvalue weighted by atomic mass is 10.1. The molecule has 0 atom stereocenters. The smallest absolute Gasteiger partial charge is 0.475 e. The first kappa shape index (κ1) is 55.5. The number of amides is 2. The highest BCUT2D eigenvalue weighted by molar-refractivity contribution is 5.92. The van der Waals surface area contributed by atoms with Gasteiger partial charge in [0.25, 0.3) is 5.91 Å². The van der Waals surface area contributed by atoms with Crippen molar-refractivity contribution in [2.24, 2.45) is 0 Å². The van der Waals surface area contributed by atoms with Crippen molar-refractivity contribution in [2.45, 2.75) is 71.1 Å². The van der Waals surface area contributed by atoms with Gasteiger partial charge in [-0.25, -0.2) is 24.7 Å². The molecule has 15 nitrogen and oxygen atoms in total. The molecule has 68 heavy (non-hydrogen) atoms. The number of methoxy groups -OCH3 is 2. The maximum Gasteiger partial charge on any atom is 0.490 e. The number of nitrogens with zero attached hydrogens (tertiary/aromatic N) is 4. The molecule has 18 heteroatoms. The number of hydrogen-bond acceptors (Lipinski definition) is 12. The van der Waals surface area contributed by atoms with Gasteiger partial charge in [-0.15, -0.1) is 0 Å². The van der Waals surface area contributed by atoms with Gasteiger partial charge in [0.1, 0.15) is 5.60 Å². The molecule has 3 aliphatic rings. The second kappa shape index (κ2) is 28.4. The number of ether oxygens (including phenoxy) is 3. The fourth-order valence-corrected chi connectivity index (χ4v) is 7.13. The topological polar surface area (TPSA) is 178 Å². The molecule has 3 saturated heterocycles. The third kappa shape index (κ3) is 20.0. The summed E-state index contributed by atoms with van der Waals surface area (Å²) in [6.45, 7) is 12.6. The van der Waals surface area contributed by atoms with Crippen molar-refractivity contribution in [2.75, 3.05) is 81.3 Å². The molecule has 0 bridgehead atoms. The van der Waals surface area contributed by atoms with Crippen LogP contribution in [0.2, 0.25) is 0 Å². The standard InChI is InChI=1S/C19H26N2O4.C15H19NO2.C14H18N2O2.C2HF3O2/c1-19(2,3)25-18(23)21-13-11-20(12-14-21)16-8-6-5-7-15(16)9-10-17(22)24-4;1-18-15(17)10-9-13-7-3-4-8-14(13)16-11-5-2-6-12-16;17-14(15-18)9-8-12-6-2-3-7-13(12)16-10-4-1-5-11-16;3-2(4,5)1(6)7/h5-10H,11-14H2,1-4H3;3-4,7-10H,2,5-6,11-12H2,1H3;2-3,6-9,18H,1,4-5,10-11H2,(H,15,17);(H,6,7)/b2*10-9+;9-8+;. The van der Waals surface area contributed by atoms with Crippen molar-refractivity contribution in [3.05, 3.63) is 108 Å². The van der Waals surface area contributed by atoms with Crippen molar-refractivity contribution >= 4 is 65.2 Å². The molecule has 0 saturated carbocycles. The normalized spacial score (nSPS) is 15.2. The van der Waals surface area contributed by atoms with Gasteiger partial charge in [0, 0.05) is 87.6 Å². The maximum absolute atomic E-state index is 12.2. The summed E-state index contributed by atoms with van der Waals surface area (Å²) < 4.78 is 46.4. The highest BCUT2D eigenvalue weighted by atomic mass is 19.4. The lowest BCUT2D eigenvalue weighted by Crippen LogP contribution is -2.50. The van der Waals surface area contributed by atoms with Crippen LogP contribution in [0.25, 0.3) is 18.2 Å². The number of anilines is 3. The lowest BCUT2D eigenvalue weighted by Gasteiger charge is -2.37. The Morgan fingerprint density at radius 2 is 0.897 bits per heavy atom. The average molecular weight is 952 g/mol. The van der Waals surface area contributed by atoms with Gasteiger partial charge in [-0.3, -0.25) is 10.0 Å². The van der Waals surface area contributed by atoms with Crippen molar-refractivity contribution < 1.29 is 61.7 Å². The molecule has 2 amide bonds. The average Bonchev–Trinajstić information content (AvgIpc) is 3.34. The molecule has 370 valence electrons. The van der Waals surface area contributed by atoms with E-state index in [-0.39, 0.29) is 18.0 Å². The molecule has 0 aliphatic carbocycles. The van der Waals surface area contributed by atoms with Crippen molar-refractivity contribution in [3.63, 3.8) is 0 Å². The van der Waals surface area contributed by atoms with Gasteiger partial charge < -0.3 is 38.9 Å². The van der Waals surface area contributed by atoms with Gasteiger partial charge in [0.2, 0.25) is 0 Å².